The fourth-order valence-electron chi connectivity index (χ4n) is 1.96. The smallest absolute Gasteiger partial charge is 0.127 e. The highest BCUT2D eigenvalue weighted by Gasteiger charge is 2.06. The van der Waals surface area contributed by atoms with Crippen molar-refractivity contribution in [1.29, 1.82) is 0 Å². The summed E-state index contributed by atoms with van der Waals surface area (Å²) in [6.07, 6.45) is 7.50. The van der Waals surface area contributed by atoms with Gasteiger partial charge in [-0.15, -0.1) is 0 Å². The Morgan fingerprint density at radius 1 is 0.810 bits per heavy atom. The van der Waals surface area contributed by atoms with Gasteiger partial charge in [0.1, 0.15) is 11.5 Å². The molecule has 108 valence electrons. The lowest BCUT2D eigenvalue weighted by Gasteiger charge is -2.05. The van der Waals surface area contributed by atoms with Crippen molar-refractivity contribution in [3.8, 4) is 11.5 Å². The van der Waals surface area contributed by atoms with Gasteiger partial charge < -0.3 is 10.2 Å². The van der Waals surface area contributed by atoms with E-state index in [1.54, 1.807) is 18.2 Å². The normalized spacial score (nSPS) is 11.8. The van der Waals surface area contributed by atoms with E-state index in [4.69, 9.17) is 0 Å². The zero-order valence-electron chi connectivity index (χ0n) is 12.3. The molecule has 0 radical (unpaired) electrons. The maximum atomic E-state index is 10.0. The largest absolute Gasteiger partial charge is 0.507 e. The number of hydrogen-bond acceptors (Lipinski definition) is 2. The van der Waals surface area contributed by atoms with Crippen LogP contribution in [0.25, 0.3) is 18.2 Å². The van der Waals surface area contributed by atoms with Crippen LogP contribution in [0.2, 0.25) is 0 Å². The Balaban J connectivity index is 2.26. The molecule has 0 amide bonds. The molecule has 0 aliphatic carbocycles. The summed E-state index contributed by atoms with van der Waals surface area (Å²) in [5, 5.41) is 20.1. The number of phenols is 2. The third kappa shape index (κ3) is 4.25. The van der Waals surface area contributed by atoms with E-state index >= 15 is 0 Å². The first-order valence-corrected chi connectivity index (χ1v) is 7.03. The maximum Gasteiger partial charge on any atom is 0.127 e. The van der Waals surface area contributed by atoms with Crippen LogP contribution in [0.3, 0.4) is 0 Å². The van der Waals surface area contributed by atoms with Crippen molar-refractivity contribution in [1.82, 2.24) is 0 Å². The summed E-state index contributed by atoms with van der Waals surface area (Å²) in [7, 11) is 0. The van der Waals surface area contributed by atoms with E-state index in [2.05, 4.69) is 0 Å². The van der Waals surface area contributed by atoms with E-state index in [-0.39, 0.29) is 11.5 Å². The molecular weight excluding hydrogens is 260 g/mol. The molecule has 0 heterocycles. The van der Waals surface area contributed by atoms with E-state index in [0.717, 1.165) is 11.1 Å². The van der Waals surface area contributed by atoms with Gasteiger partial charge in [0.25, 0.3) is 0 Å². The summed E-state index contributed by atoms with van der Waals surface area (Å²) in [6, 6.07) is 13.2. The third-order valence-corrected chi connectivity index (χ3v) is 3.07. The molecule has 2 rings (SSSR count). The van der Waals surface area contributed by atoms with Crippen LogP contribution < -0.4 is 0 Å². The molecule has 2 nitrogen and oxygen atoms in total. The van der Waals surface area contributed by atoms with Gasteiger partial charge in [0, 0.05) is 0 Å². The summed E-state index contributed by atoms with van der Waals surface area (Å²) in [4.78, 5) is 0. The Kier molecular flexibility index (Phi) is 4.83. The lowest BCUT2D eigenvalue weighted by atomic mass is 10.1. The van der Waals surface area contributed by atoms with Gasteiger partial charge in [0.15, 0.2) is 0 Å². The molecule has 0 aromatic heterocycles. The Bertz CT molecular complexity index is 630. The highest BCUT2D eigenvalue weighted by atomic mass is 16.3. The molecular formula is C19H20O2. The molecule has 21 heavy (non-hydrogen) atoms. The number of benzene rings is 2. The Hall–Kier alpha value is -2.48. The van der Waals surface area contributed by atoms with Crippen LogP contribution in [0, 0.1) is 5.92 Å². The summed E-state index contributed by atoms with van der Waals surface area (Å²) in [5.41, 5.74) is 2.29. The van der Waals surface area contributed by atoms with Crippen LogP contribution in [0.15, 0.2) is 48.5 Å². The highest BCUT2D eigenvalue weighted by Crippen LogP contribution is 2.31. The highest BCUT2D eigenvalue weighted by molar-refractivity contribution is 5.74. The number of rotatable bonds is 4. The van der Waals surface area contributed by atoms with Crippen molar-refractivity contribution < 1.29 is 10.2 Å². The first kappa shape index (κ1) is 14.9. The first-order valence-electron chi connectivity index (χ1n) is 7.03. The monoisotopic (exact) mass is 280 g/mol. The van der Waals surface area contributed by atoms with Crippen LogP contribution >= 0.6 is 0 Å². The minimum Gasteiger partial charge on any atom is -0.507 e. The number of hydrogen-bond donors (Lipinski definition) is 2. The standard InChI is InChI=1S/C19H20O2/c1-14(2)8-11-17-18(20)12-16(13-19(17)21)10-9-15-6-4-3-5-7-15/h3-14,20-21H,1-2H3/b10-9+,11-8+. The molecule has 0 saturated carbocycles. The van der Waals surface area contributed by atoms with Gasteiger partial charge in [-0.3, -0.25) is 0 Å². The molecule has 0 aliphatic heterocycles. The van der Waals surface area contributed by atoms with Gasteiger partial charge in [-0.25, -0.2) is 0 Å². The molecule has 2 heteroatoms. The van der Waals surface area contributed by atoms with Crippen LogP contribution in [0.4, 0.5) is 0 Å². The second-order valence-corrected chi connectivity index (χ2v) is 5.32. The Morgan fingerprint density at radius 3 is 1.95 bits per heavy atom. The fourth-order valence-corrected chi connectivity index (χ4v) is 1.96. The lowest BCUT2D eigenvalue weighted by Crippen LogP contribution is -1.83. The zero-order valence-corrected chi connectivity index (χ0v) is 12.3. The van der Waals surface area contributed by atoms with Crippen molar-refractivity contribution in [3.05, 3.63) is 65.2 Å². The van der Waals surface area contributed by atoms with Gasteiger partial charge in [0.2, 0.25) is 0 Å². The molecule has 0 unspecified atom stereocenters. The van der Waals surface area contributed by atoms with Gasteiger partial charge in [-0.05, 0) is 29.2 Å². The van der Waals surface area contributed by atoms with E-state index in [1.165, 1.54) is 0 Å². The molecule has 2 N–H and O–H groups in total. The summed E-state index contributed by atoms with van der Waals surface area (Å²) < 4.78 is 0. The SMILES string of the molecule is CC(C)/C=C/c1c(O)cc(/C=C/c2ccccc2)cc1O. The predicted molar refractivity (Wildman–Crippen MR) is 89.0 cm³/mol. The van der Waals surface area contributed by atoms with Crippen molar-refractivity contribution in [2.45, 2.75) is 13.8 Å². The van der Waals surface area contributed by atoms with Crippen LogP contribution in [0.5, 0.6) is 11.5 Å². The van der Waals surface area contributed by atoms with Crippen molar-refractivity contribution in [2.75, 3.05) is 0 Å². The van der Waals surface area contributed by atoms with Crippen LogP contribution in [-0.4, -0.2) is 10.2 Å². The van der Waals surface area contributed by atoms with Crippen LogP contribution in [-0.2, 0) is 0 Å². The average Bonchev–Trinajstić information content (AvgIpc) is 2.45. The van der Waals surface area contributed by atoms with Gasteiger partial charge in [0.05, 0.1) is 5.56 Å². The first-order chi connectivity index (χ1) is 10.1. The molecule has 0 aliphatic rings. The molecule has 0 bridgehead atoms. The molecule has 0 spiro atoms. The van der Waals surface area contributed by atoms with Crippen LogP contribution in [0.1, 0.15) is 30.5 Å². The Labute approximate surface area is 125 Å². The van der Waals surface area contributed by atoms with Gasteiger partial charge in [-0.2, -0.15) is 0 Å². The van der Waals surface area contributed by atoms with Gasteiger partial charge in [-0.1, -0.05) is 68.5 Å². The minimum absolute atomic E-state index is 0.0830. The quantitative estimate of drug-likeness (QED) is 0.779. The van der Waals surface area contributed by atoms with E-state index in [1.807, 2.05) is 62.4 Å². The molecule has 2 aromatic rings. The number of allylic oxidation sites excluding steroid dienone is 1. The lowest BCUT2D eigenvalue weighted by molar-refractivity contribution is 0.448. The summed E-state index contributed by atoms with van der Waals surface area (Å²) >= 11 is 0. The van der Waals surface area contributed by atoms with Crippen molar-refractivity contribution >= 4 is 18.2 Å². The number of aromatic hydroxyl groups is 2. The molecule has 0 saturated heterocycles. The predicted octanol–water partition coefficient (Wildman–Crippen LogP) is 4.94. The van der Waals surface area contributed by atoms with Gasteiger partial charge >= 0.3 is 0 Å². The summed E-state index contributed by atoms with van der Waals surface area (Å²) in [6.45, 7) is 4.09. The molecule has 0 atom stereocenters. The third-order valence-electron chi connectivity index (χ3n) is 3.07. The average molecular weight is 280 g/mol. The Morgan fingerprint density at radius 2 is 1.38 bits per heavy atom. The molecule has 2 aromatic carbocycles. The van der Waals surface area contributed by atoms with E-state index in [0.29, 0.717) is 11.5 Å². The second kappa shape index (κ2) is 6.80. The summed E-state index contributed by atoms with van der Waals surface area (Å²) in [5.74, 6) is 0.528. The maximum absolute atomic E-state index is 10.0. The van der Waals surface area contributed by atoms with E-state index < -0.39 is 0 Å². The second-order valence-electron chi connectivity index (χ2n) is 5.32. The van der Waals surface area contributed by atoms with Crippen molar-refractivity contribution in [3.63, 3.8) is 0 Å². The minimum atomic E-state index is 0.0830. The van der Waals surface area contributed by atoms with E-state index in [9.17, 15) is 10.2 Å². The topological polar surface area (TPSA) is 40.5 Å². The number of phenolic OH excluding ortho intramolecular Hbond substituents is 2. The van der Waals surface area contributed by atoms with Crippen molar-refractivity contribution in [2.24, 2.45) is 5.92 Å². The molecule has 0 fully saturated rings. The fraction of sp³-hybridized carbons (Fsp3) is 0.158. The zero-order chi connectivity index (χ0) is 15.2.